The maximum atomic E-state index is 9.97. The fraction of sp³-hybridized carbons (Fsp3) is 0.250. The van der Waals surface area contributed by atoms with E-state index in [1.54, 1.807) is 36.0 Å². The average Bonchev–Trinajstić information content (AvgIpc) is 2.52. The summed E-state index contributed by atoms with van der Waals surface area (Å²) in [6, 6.07) is 15.1. The van der Waals surface area contributed by atoms with Crippen molar-refractivity contribution in [2.75, 3.05) is 24.7 Å². The highest BCUT2D eigenvalue weighted by atomic mass is 35.5. The Labute approximate surface area is 134 Å². The van der Waals surface area contributed by atoms with Gasteiger partial charge >= 0.3 is 0 Å². The van der Waals surface area contributed by atoms with E-state index in [1.165, 1.54) is 0 Å². The highest BCUT2D eigenvalue weighted by Gasteiger charge is 2.07. The maximum absolute atomic E-state index is 9.97. The van der Waals surface area contributed by atoms with E-state index in [9.17, 15) is 5.11 Å². The van der Waals surface area contributed by atoms with Gasteiger partial charge < -0.3 is 15.2 Å². The van der Waals surface area contributed by atoms with Crippen molar-refractivity contribution in [3.05, 3.63) is 53.6 Å². The first-order chi connectivity index (χ1) is 10.2. The van der Waals surface area contributed by atoms with Crippen molar-refractivity contribution in [2.45, 2.75) is 11.0 Å². The molecule has 0 fully saturated rings. The highest BCUT2D eigenvalue weighted by Crippen LogP contribution is 2.24. The topological polar surface area (TPSA) is 41.5 Å². The summed E-state index contributed by atoms with van der Waals surface area (Å²) in [6.07, 6.45) is 1.44. The number of aliphatic hydroxyl groups excluding tert-OH is 1. The molecule has 21 heavy (non-hydrogen) atoms. The second kappa shape index (κ2) is 8.17. The van der Waals surface area contributed by atoms with Crippen molar-refractivity contribution >= 4 is 29.1 Å². The van der Waals surface area contributed by atoms with Crippen LogP contribution < -0.4 is 10.1 Å². The normalized spacial score (nSPS) is 12.0. The van der Waals surface area contributed by atoms with Crippen LogP contribution in [0.15, 0.2) is 53.4 Å². The van der Waals surface area contributed by atoms with Crippen molar-refractivity contribution in [3.8, 4) is 5.75 Å². The van der Waals surface area contributed by atoms with Gasteiger partial charge in [-0.3, -0.25) is 0 Å². The number of nitrogens with one attached hydrogen (secondary N) is 1. The number of para-hydroxylation sites is 1. The lowest BCUT2D eigenvalue weighted by Gasteiger charge is -2.15. The zero-order valence-electron chi connectivity index (χ0n) is 11.8. The Morgan fingerprint density at radius 2 is 1.90 bits per heavy atom. The van der Waals surface area contributed by atoms with Crippen LogP contribution in [0.1, 0.15) is 0 Å². The van der Waals surface area contributed by atoms with E-state index in [2.05, 4.69) is 5.32 Å². The van der Waals surface area contributed by atoms with Gasteiger partial charge in [0.2, 0.25) is 0 Å². The minimum Gasteiger partial charge on any atom is -0.491 e. The Kier molecular flexibility index (Phi) is 6.23. The number of rotatable bonds is 7. The summed E-state index contributed by atoms with van der Waals surface area (Å²) in [5.74, 6) is 0.697. The van der Waals surface area contributed by atoms with E-state index in [0.717, 1.165) is 10.6 Å². The van der Waals surface area contributed by atoms with E-state index in [1.807, 2.05) is 30.5 Å². The summed E-state index contributed by atoms with van der Waals surface area (Å²) < 4.78 is 5.51. The van der Waals surface area contributed by atoms with Crippen LogP contribution in [0.5, 0.6) is 5.75 Å². The first-order valence-electron chi connectivity index (χ1n) is 6.62. The number of hydrogen-bond acceptors (Lipinski definition) is 4. The van der Waals surface area contributed by atoms with Crippen LogP contribution in [0.25, 0.3) is 0 Å². The molecule has 0 aliphatic rings. The minimum atomic E-state index is -0.587. The molecule has 0 radical (unpaired) electrons. The van der Waals surface area contributed by atoms with E-state index >= 15 is 0 Å². The lowest BCUT2D eigenvalue weighted by Crippen LogP contribution is -2.26. The van der Waals surface area contributed by atoms with E-state index < -0.39 is 6.10 Å². The highest BCUT2D eigenvalue weighted by molar-refractivity contribution is 7.98. The molecule has 0 heterocycles. The van der Waals surface area contributed by atoms with Crippen LogP contribution in [-0.4, -0.2) is 30.6 Å². The Morgan fingerprint density at radius 3 is 2.62 bits per heavy atom. The number of thioether (sulfide) groups is 1. The smallest absolute Gasteiger partial charge is 0.119 e. The summed E-state index contributed by atoms with van der Waals surface area (Å²) in [5, 5.41) is 13.9. The molecule has 0 aliphatic carbocycles. The third-order valence-corrected chi connectivity index (χ3v) is 3.94. The predicted molar refractivity (Wildman–Crippen MR) is 89.7 cm³/mol. The molecule has 2 rings (SSSR count). The molecule has 0 saturated carbocycles. The van der Waals surface area contributed by atoms with Gasteiger partial charge in [0.15, 0.2) is 0 Å². The quantitative estimate of drug-likeness (QED) is 0.758. The molecule has 5 heteroatoms. The van der Waals surface area contributed by atoms with Crippen LogP contribution in [-0.2, 0) is 0 Å². The number of aliphatic hydroxyl groups is 1. The molecule has 112 valence electrons. The van der Waals surface area contributed by atoms with Gasteiger partial charge in [-0.1, -0.05) is 23.7 Å². The van der Waals surface area contributed by atoms with Gasteiger partial charge in [0.1, 0.15) is 18.5 Å². The molecule has 0 aromatic heterocycles. The standard InChI is InChI=1S/C16H18ClNO2S/c1-21-16-5-3-2-4-15(16)18-10-13(19)11-20-14-8-6-12(17)7-9-14/h2-9,13,18-19H,10-11H2,1H3. The molecule has 0 amide bonds. The Morgan fingerprint density at radius 1 is 1.19 bits per heavy atom. The first kappa shape index (κ1) is 16.0. The molecule has 2 N–H and O–H groups in total. The Hall–Kier alpha value is -1.36. The lowest BCUT2D eigenvalue weighted by molar-refractivity contribution is 0.117. The lowest BCUT2D eigenvalue weighted by atomic mass is 10.3. The first-order valence-corrected chi connectivity index (χ1v) is 8.22. The molecule has 2 aromatic rings. The zero-order valence-corrected chi connectivity index (χ0v) is 13.3. The van der Waals surface area contributed by atoms with Gasteiger partial charge in [0.25, 0.3) is 0 Å². The molecule has 1 atom stereocenters. The maximum Gasteiger partial charge on any atom is 0.119 e. The molecule has 2 aromatic carbocycles. The van der Waals surface area contributed by atoms with Crippen LogP contribution >= 0.6 is 23.4 Å². The van der Waals surface area contributed by atoms with Crippen molar-refractivity contribution in [1.29, 1.82) is 0 Å². The summed E-state index contributed by atoms with van der Waals surface area (Å²) in [5.41, 5.74) is 1.02. The predicted octanol–water partition coefficient (Wildman–Crippen LogP) is 3.91. The number of ether oxygens (including phenoxy) is 1. The minimum absolute atomic E-state index is 0.232. The van der Waals surface area contributed by atoms with Gasteiger partial charge in [0.05, 0.1) is 0 Å². The van der Waals surface area contributed by atoms with Gasteiger partial charge in [-0.15, -0.1) is 11.8 Å². The van der Waals surface area contributed by atoms with Crippen molar-refractivity contribution in [1.82, 2.24) is 0 Å². The summed E-state index contributed by atoms with van der Waals surface area (Å²) in [4.78, 5) is 1.16. The van der Waals surface area contributed by atoms with Crippen LogP contribution in [0.2, 0.25) is 5.02 Å². The van der Waals surface area contributed by atoms with Crippen LogP contribution in [0, 0.1) is 0 Å². The van der Waals surface area contributed by atoms with Crippen LogP contribution in [0.4, 0.5) is 5.69 Å². The molecular weight excluding hydrogens is 306 g/mol. The molecule has 0 aliphatic heterocycles. The molecule has 0 saturated heterocycles. The third kappa shape index (κ3) is 5.16. The van der Waals surface area contributed by atoms with Gasteiger partial charge in [-0.25, -0.2) is 0 Å². The summed E-state index contributed by atoms with van der Waals surface area (Å²) >= 11 is 7.47. The Balaban J connectivity index is 1.79. The Bertz CT molecular complexity index is 562. The summed E-state index contributed by atoms with van der Waals surface area (Å²) in [7, 11) is 0. The van der Waals surface area contributed by atoms with E-state index in [0.29, 0.717) is 17.3 Å². The molecular formula is C16H18ClNO2S. The molecule has 0 bridgehead atoms. The molecule has 3 nitrogen and oxygen atoms in total. The average molecular weight is 324 g/mol. The van der Waals surface area contributed by atoms with Crippen molar-refractivity contribution in [3.63, 3.8) is 0 Å². The van der Waals surface area contributed by atoms with E-state index in [4.69, 9.17) is 16.3 Å². The number of halogens is 1. The van der Waals surface area contributed by atoms with Crippen molar-refractivity contribution in [2.24, 2.45) is 0 Å². The largest absolute Gasteiger partial charge is 0.491 e. The monoisotopic (exact) mass is 323 g/mol. The number of anilines is 1. The second-order valence-electron chi connectivity index (χ2n) is 4.50. The SMILES string of the molecule is CSc1ccccc1NCC(O)COc1ccc(Cl)cc1. The molecule has 1 unspecified atom stereocenters. The van der Waals surface area contributed by atoms with Gasteiger partial charge in [-0.2, -0.15) is 0 Å². The fourth-order valence-electron chi connectivity index (χ4n) is 1.80. The van der Waals surface area contributed by atoms with Gasteiger partial charge in [-0.05, 0) is 42.7 Å². The van der Waals surface area contributed by atoms with E-state index in [-0.39, 0.29) is 6.61 Å². The third-order valence-electron chi connectivity index (χ3n) is 2.89. The van der Waals surface area contributed by atoms with Gasteiger partial charge in [0, 0.05) is 22.2 Å². The second-order valence-corrected chi connectivity index (χ2v) is 5.78. The fourth-order valence-corrected chi connectivity index (χ4v) is 2.50. The molecule has 0 spiro atoms. The number of hydrogen-bond donors (Lipinski definition) is 2. The number of benzene rings is 2. The summed E-state index contributed by atoms with van der Waals surface area (Å²) in [6.45, 7) is 0.668. The zero-order chi connectivity index (χ0) is 15.1. The van der Waals surface area contributed by atoms with Crippen molar-refractivity contribution < 1.29 is 9.84 Å². The van der Waals surface area contributed by atoms with Crippen LogP contribution in [0.3, 0.4) is 0 Å².